The van der Waals surface area contributed by atoms with Gasteiger partial charge in [0.05, 0.1) is 6.54 Å². The van der Waals surface area contributed by atoms with Crippen LogP contribution in [0.4, 0.5) is 0 Å². The second-order valence-electron chi connectivity index (χ2n) is 4.67. The zero-order chi connectivity index (χ0) is 14.6. The zero-order valence-electron chi connectivity index (χ0n) is 13.3. The third-order valence-electron chi connectivity index (χ3n) is 2.91. The quantitative estimate of drug-likeness (QED) is 0.312. The van der Waals surface area contributed by atoms with E-state index in [0.29, 0.717) is 13.2 Å². The molecule has 1 aromatic rings. The summed E-state index contributed by atoms with van der Waals surface area (Å²) < 4.78 is 5.64. The number of rotatable bonds is 8. The first-order chi connectivity index (χ1) is 9.77. The average Bonchev–Trinajstić information content (AvgIpc) is 2.49. The van der Waals surface area contributed by atoms with Gasteiger partial charge in [-0.25, -0.2) is 4.99 Å². The highest BCUT2D eigenvalue weighted by Gasteiger charge is 2.03. The molecular weight excluding hydrogens is 377 g/mol. The molecule has 0 unspecified atom stereocenters. The Bertz CT molecular complexity index is 384. The Morgan fingerprint density at radius 1 is 1.24 bits per heavy atom. The van der Waals surface area contributed by atoms with Crippen molar-refractivity contribution in [2.24, 2.45) is 4.99 Å². The summed E-state index contributed by atoms with van der Waals surface area (Å²) in [6.07, 6.45) is 2.38. The molecule has 21 heavy (non-hydrogen) atoms. The lowest BCUT2D eigenvalue weighted by Crippen LogP contribution is -2.39. The number of halogens is 1. The van der Waals surface area contributed by atoms with Gasteiger partial charge in [0.1, 0.15) is 12.4 Å². The molecule has 1 rings (SSSR count). The number of ether oxygens (including phenoxy) is 1. The number of hydrogen-bond donors (Lipinski definition) is 1. The number of hydrogen-bond acceptors (Lipinski definition) is 2. The number of guanidine groups is 1. The van der Waals surface area contributed by atoms with Crippen LogP contribution >= 0.6 is 24.0 Å². The summed E-state index contributed by atoms with van der Waals surface area (Å²) in [7, 11) is 2.08. The molecule has 120 valence electrons. The van der Waals surface area contributed by atoms with E-state index in [2.05, 4.69) is 36.1 Å². The number of nitrogens with zero attached hydrogens (tertiary/aromatic N) is 2. The molecule has 5 heteroatoms. The lowest BCUT2D eigenvalue weighted by atomic mass is 10.3. The molecule has 1 N–H and O–H groups in total. The predicted octanol–water partition coefficient (Wildman–Crippen LogP) is 3.38. The number of unbranched alkanes of at least 4 members (excludes halogenated alkanes) is 1. The zero-order valence-corrected chi connectivity index (χ0v) is 15.7. The molecule has 0 heterocycles. The molecule has 0 bridgehead atoms. The lowest BCUT2D eigenvalue weighted by molar-refractivity contribution is 0.327. The van der Waals surface area contributed by atoms with Gasteiger partial charge in [-0.15, -0.1) is 24.0 Å². The average molecular weight is 405 g/mol. The third-order valence-corrected chi connectivity index (χ3v) is 2.91. The molecule has 0 fully saturated rings. The van der Waals surface area contributed by atoms with E-state index in [1.165, 1.54) is 12.8 Å². The SMILES string of the molecule is CCCCN(C)C(=NCCOc1ccccc1)NCC.I. The lowest BCUT2D eigenvalue weighted by Gasteiger charge is -2.21. The van der Waals surface area contributed by atoms with Crippen molar-refractivity contribution in [3.63, 3.8) is 0 Å². The van der Waals surface area contributed by atoms with E-state index in [9.17, 15) is 0 Å². The molecule has 0 aliphatic rings. The highest BCUT2D eigenvalue weighted by Crippen LogP contribution is 2.07. The van der Waals surface area contributed by atoms with Gasteiger partial charge in [0.2, 0.25) is 0 Å². The van der Waals surface area contributed by atoms with Crippen LogP contribution in [0.2, 0.25) is 0 Å². The fourth-order valence-corrected chi connectivity index (χ4v) is 1.80. The highest BCUT2D eigenvalue weighted by molar-refractivity contribution is 14.0. The highest BCUT2D eigenvalue weighted by atomic mass is 127. The van der Waals surface area contributed by atoms with Crippen molar-refractivity contribution in [3.8, 4) is 5.75 Å². The molecule has 0 aliphatic carbocycles. The Hall–Kier alpha value is -0.980. The van der Waals surface area contributed by atoms with Gasteiger partial charge in [-0.1, -0.05) is 31.5 Å². The van der Waals surface area contributed by atoms with Crippen molar-refractivity contribution >= 4 is 29.9 Å². The summed E-state index contributed by atoms with van der Waals surface area (Å²) in [6.45, 7) is 7.46. The number of nitrogens with one attached hydrogen (secondary N) is 1. The van der Waals surface area contributed by atoms with Crippen LogP contribution in [0.3, 0.4) is 0 Å². The van der Waals surface area contributed by atoms with Crippen LogP contribution in [0.5, 0.6) is 5.75 Å². The monoisotopic (exact) mass is 405 g/mol. The second-order valence-corrected chi connectivity index (χ2v) is 4.67. The minimum Gasteiger partial charge on any atom is -0.492 e. The largest absolute Gasteiger partial charge is 0.492 e. The summed E-state index contributed by atoms with van der Waals surface area (Å²) in [6, 6.07) is 9.85. The van der Waals surface area contributed by atoms with Crippen molar-refractivity contribution in [2.45, 2.75) is 26.7 Å². The van der Waals surface area contributed by atoms with Crippen LogP contribution < -0.4 is 10.1 Å². The van der Waals surface area contributed by atoms with Gasteiger partial charge in [-0.2, -0.15) is 0 Å². The van der Waals surface area contributed by atoms with Crippen LogP contribution in [-0.2, 0) is 0 Å². The van der Waals surface area contributed by atoms with Gasteiger partial charge in [-0.05, 0) is 25.5 Å². The van der Waals surface area contributed by atoms with E-state index in [1.807, 2.05) is 30.3 Å². The molecule has 0 aromatic heterocycles. The Morgan fingerprint density at radius 3 is 2.57 bits per heavy atom. The summed E-state index contributed by atoms with van der Waals surface area (Å²) in [5.74, 6) is 1.85. The first-order valence-corrected chi connectivity index (χ1v) is 7.45. The van der Waals surface area contributed by atoms with E-state index in [-0.39, 0.29) is 24.0 Å². The minimum absolute atomic E-state index is 0. The second kappa shape index (κ2) is 12.7. The van der Waals surface area contributed by atoms with E-state index in [4.69, 9.17) is 4.74 Å². The van der Waals surface area contributed by atoms with E-state index in [1.54, 1.807) is 0 Å². The van der Waals surface area contributed by atoms with Gasteiger partial charge in [0, 0.05) is 20.1 Å². The molecule has 0 amide bonds. The summed E-state index contributed by atoms with van der Waals surface area (Å²) in [4.78, 5) is 6.76. The Kier molecular flexibility index (Phi) is 12.1. The van der Waals surface area contributed by atoms with Crippen LogP contribution in [0, 0.1) is 0 Å². The van der Waals surface area contributed by atoms with Gasteiger partial charge in [0.15, 0.2) is 5.96 Å². The third kappa shape index (κ3) is 8.80. The van der Waals surface area contributed by atoms with Crippen LogP contribution in [0.25, 0.3) is 0 Å². The van der Waals surface area contributed by atoms with Gasteiger partial charge in [-0.3, -0.25) is 0 Å². The fraction of sp³-hybridized carbons (Fsp3) is 0.562. The van der Waals surface area contributed by atoms with Gasteiger partial charge >= 0.3 is 0 Å². The Labute approximate surface area is 146 Å². The van der Waals surface area contributed by atoms with Crippen molar-refractivity contribution < 1.29 is 4.74 Å². The molecule has 0 atom stereocenters. The van der Waals surface area contributed by atoms with E-state index < -0.39 is 0 Å². The minimum atomic E-state index is 0. The normalized spacial score (nSPS) is 10.7. The summed E-state index contributed by atoms with van der Waals surface area (Å²) >= 11 is 0. The molecule has 0 spiro atoms. The Morgan fingerprint density at radius 2 is 1.95 bits per heavy atom. The standard InChI is InChI=1S/C16H27N3O.HI/c1-4-6-13-19(3)16(17-5-2)18-12-14-20-15-10-8-7-9-11-15;/h7-11H,4-6,12-14H2,1-3H3,(H,17,18);1H. The maximum absolute atomic E-state index is 5.64. The van der Waals surface area contributed by atoms with Crippen molar-refractivity contribution in [1.82, 2.24) is 10.2 Å². The maximum atomic E-state index is 5.64. The molecule has 4 nitrogen and oxygen atoms in total. The van der Waals surface area contributed by atoms with Crippen LogP contribution in [0.1, 0.15) is 26.7 Å². The fourth-order valence-electron chi connectivity index (χ4n) is 1.80. The molecule has 1 aromatic carbocycles. The smallest absolute Gasteiger partial charge is 0.193 e. The molecule has 0 radical (unpaired) electrons. The van der Waals surface area contributed by atoms with Crippen LogP contribution in [-0.4, -0.2) is 44.1 Å². The molecule has 0 saturated heterocycles. The molecule has 0 aliphatic heterocycles. The maximum Gasteiger partial charge on any atom is 0.193 e. The summed E-state index contributed by atoms with van der Waals surface area (Å²) in [5, 5.41) is 3.31. The molecular formula is C16H28IN3O. The van der Waals surface area contributed by atoms with Gasteiger partial charge < -0.3 is 15.0 Å². The predicted molar refractivity (Wildman–Crippen MR) is 101 cm³/mol. The topological polar surface area (TPSA) is 36.9 Å². The Balaban J connectivity index is 0.00000400. The first kappa shape index (κ1) is 20.0. The first-order valence-electron chi connectivity index (χ1n) is 7.45. The van der Waals surface area contributed by atoms with E-state index >= 15 is 0 Å². The van der Waals surface area contributed by atoms with Crippen molar-refractivity contribution in [1.29, 1.82) is 0 Å². The number of para-hydroxylation sites is 1. The van der Waals surface area contributed by atoms with Crippen LogP contribution in [0.15, 0.2) is 35.3 Å². The van der Waals surface area contributed by atoms with E-state index in [0.717, 1.165) is 24.8 Å². The van der Waals surface area contributed by atoms with Crippen molar-refractivity contribution in [2.75, 3.05) is 33.3 Å². The molecule has 0 saturated carbocycles. The summed E-state index contributed by atoms with van der Waals surface area (Å²) in [5.41, 5.74) is 0. The van der Waals surface area contributed by atoms with Gasteiger partial charge in [0.25, 0.3) is 0 Å². The van der Waals surface area contributed by atoms with Crippen molar-refractivity contribution in [3.05, 3.63) is 30.3 Å². The number of aliphatic imine (C=N–C) groups is 1. The number of benzene rings is 1.